The predicted octanol–water partition coefficient (Wildman–Crippen LogP) is 1.06. The lowest BCUT2D eigenvalue weighted by atomic mass is 10.2. The molecule has 0 aromatic heterocycles. The van der Waals surface area contributed by atoms with E-state index in [1.165, 1.54) is 7.11 Å². The molecule has 114 valence electrons. The molecule has 1 aromatic carbocycles. The van der Waals surface area contributed by atoms with Gasteiger partial charge in [-0.1, -0.05) is 0 Å². The van der Waals surface area contributed by atoms with Crippen LogP contribution in [0.25, 0.3) is 0 Å². The second kappa shape index (κ2) is 6.94. The molecule has 0 spiro atoms. The number of benzene rings is 1. The Balaban J connectivity index is 1.89. The van der Waals surface area contributed by atoms with E-state index >= 15 is 0 Å². The van der Waals surface area contributed by atoms with Crippen molar-refractivity contribution in [3.63, 3.8) is 0 Å². The van der Waals surface area contributed by atoms with Crippen molar-refractivity contribution in [2.75, 3.05) is 37.9 Å². The zero-order chi connectivity index (χ0) is 15.2. The molecule has 3 N–H and O–H groups in total. The number of nitrogens with one attached hydrogen (secondary N) is 1. The van der Waals surface area contributed by atoms with Crippen molar-refractivity contribution < 1.29 is 19.1 Å². The Morgan fingerprint density at radius 3 is 2.81 bits per heavy atom. The number of ether oxygens (including phenoxy) is 2. The van der Waals surface area contributed by atoms with Crippen LogP contribution >= 0.6 is 0 Å². The van der Waals surface area contributed by atoms with Crippen molar-refractivity contribution in [2.24, 2.45) is 0 Å². The third-order valence-electron chi connectivity index (χ3n) is 3.21. The molecule has 1 aromatic rings. The summed E-state index contributed by atoms with van der Waals surface area (Å²) in [4.78, 5) is 25.0. The zero-order valence-corrected chi connectivity index (χ0v) is 11.9. The average molecular weight is 293 g/mol. The molecule has 1 fully saturated rings. The predicted molar refractivity (Wildman–Crippen MR) is 77.8 cm³/mol. The van der Waals surface area contributed by atoms with Gasteiger partial charge in [0, 0.05) is 24.5 Å². The summed E-state index contributed by atoms with van der Waals surface area (Å²) >= 11 is 0. The van der Waals surface area contributed by atoms with Gasteiger partial charge in [0.25, 0.3) is 0 Å². The molecule has 21 heavy (non-hydrogen) atoms. The van der Waals surface area contributed by atoms with Crippen LogP contribution in [0.5, 0.6) is 0 Å². The highest BCUT2D eigenvalue weighted by atomic mass is 16.5. The van der Waals surface area contributed by atoms with E-state index in [2.05, 4.69) is 10.1 Å². The van der Waals surface area contributed by atoms with E-state index in [-0.39, 0.29) is 24.5 Å². The van der Waals surface area contributed by atoms with Crippen molar-refractivity contribution in [3.05, 3.63) is 24.3 Å². The second-order valence-corrected chi connectivity index (χ2v) is 4.77. The summed E-state index contributed by atoms with van der Waals surface area (Å²) in [6.07, 6.45) is -0.189. The van der Waals surface area contributed by atoms with Crippen molar-refractivity contribution in [1.82, 2.24) is 4.90 Å². The topological polar surface area (TPSA) is 93.9 Å². The molecule has 7 nitrogen and oxygen atoms in total. The average Bonchev–Trinajstić information content (AvgIpc) is 2.49. The monoisotopic (exact) mass is 293 g/mol. The Bertz CT molecular complexity index is 503. The van der Waals surface area contributed by atoms with E-state index in [1.54, 1.807) is 29.2 Å². The highest BCUT2D eigenvalue weighted by Crippen LogP contribution is 2.14. The number of morpholine rings is 1. The number of rotatable bonds is 3. The van der Waals surface area contributed by atoms with Crippen molar-refractivity contribution in [3.8, 4) is 0 Å². The molecule has 0 aliphatic carbocycles. The van der Waals surface area contributed by atoms with Crippen molar-refractivity contribution in [1.29, 1.82) is 0 Å². The van der Waals surface area contributed by atoms with E-state index in [1.807, 2.05) is 0 Å². The minimum atomic E-state index is -0.346. The molecule has 1 heterocycles. The highest BCUT2D eigenvalue weighted by molar-refractivity contribution is 5.89. The van der Waals surface area contributed by atoms with Crippen LogP contribution in [0.2, 0.25) is 0 Å². The number of esters is 1. The van der Waals surface area contributed by atoms with Crippen LogP contribution in [-0.2, 0) is 14.3 Å². The molecule has 1 unspecified atom stereocenters. The van der Waals surface area contributed by atoms with E-state index in [0.717, 1.165) is 0 Å². The maximum absolute atomic E-state index is 12.2. The quantitative estimate of drug-likeness (QED) is 0.642. The number of carbonyl (C=O) groups is 2. The summed E-state index contributed by atoms with van der Waals surface area (Å²) in [5, 5.41) is 2.79. The lowest BCUT2D eigenvalue weighted by molar-refractivity contribution is -0.145. The number of hydrogen-bond donors (Lipinski definition) is 2. The minimum Gasteiger partial charge on any atom is -0.469 e. The molecule has 7 heteroatoms. The highest BCUT2D eigenvalue weighted by Gasteiger charge is 2.26. The second-order valence-electron chi connectivity index (χ2n) is 4.77. The largest absolute Gasteiger partial charge is 0.469 e. The fraction of sp³-hybridized carbons (Fsp3) is 0.429. The number of carbonyl (C=O) groups excluding carboxylic acids is 2. The number of nitrogens with two attached hydrogens (primary N) is 1. The summed E-state index contributed by atoms with van der Waals surface area (Å²) in [7, 11) is 1.33. The maximum atomic E-state index is 12.2. The van der Waals surface area contributed by atoms with Crippen LogP contribution in [0.15, 0.2) is 24.3 Å². The Hall–Kier alpha value is -2.28. The van der Waals surface area contributed by atoms with Crippen molar-refractivity contribution >= 4 is 23.4 Å². The number of nitrogens with zero attached hydrogens (tertiary/aromatic N) is 1. The van der Waals surface area contributed by atoms with Gasteiger partial charge in [0.05, 0.1) is 26.2 Å². The molecule has 2 rings (SSSR count). The molecular weight excluding hydrogens is 274 g/mol. The van der Waals surface area contributed by atoms with Gasteiger partial charge in [-0.25, -0.2) is 4.79 Å². The summed E-state index contributed by atoms with van der Waals surface area (Å²) < 4.78 is 10.1. The first-order chi connectivity index (χ1) is 10.1. The minimum absolute atomic E-state index is 0.141. The molecule has 1 aliphatic rings. The fourth-order valence-electron chi connectivity index (χ4n) is 2.07. The van der Waals surface area contributed by atoms with Crippen LogP contribution in [0.1, 0.15) is 6.42 Å². The number of hydrogen-bond acceptors (Lipinski definition) is 5. The van der Waals surface area contributed by atoms with Crippen LogP contribution in [0.4, 0.5) is 16.2 Å². The summed E-state index contributed by atoms with van der Waals surface area (Å²) in [6.45, 7) is 1.24. The summed E-state index contributed by atoms with van der Waals surface area (Å²) in [5.74, 6) is -0.346. The lowest BCUT2D eigenvalue weighted by Gasteiger charge is -2.32. The molecule has 1 aliphatic heterocycles. The Morgan fingerprint density at radius 2 is 2.14 bits per heavy atom. The molecule has 1 atom stereocenters. The molecule has 0 radical (unpaired) electrons. The number of nitrogen functional groups attached to an aromatic ring is 1. The first-order valence-corrected chi connectivity index (χ1v) is 6.68. The van der Waals surface area contributed by atoms with Gasteiger partial charge in [-0.3, -0.25) is 4.79 Å². The van der Waals surface area contributed by atoms with Gasteiger partial charge < -0.3 is 25.4 Å². The van der Waals surface area contributed by atoms with Gasteiger partial charge >= 0.3 is 12.0 Å². The third kappa shape index (κ3) is 4.35. The summed E-state index contributed by atoms with van der Waals surface area (Å²) in [6, 6.07) is 6.68. The zero-order valence-electron chi connectivity index (χ0n) is 11.9. The maximum Gasteiger partial charge on any atom is 0.322 e. The Labute approximate surface area is 123 Å². The van der Waals surface area contributed by atoms with Gasteiger partial charge in [0.15, 0.2) is 0 Å². The van der Waals surface area contributed by atoms with Crippen LogP contribution in [0.3, 0.4) is 0 Å². The number of urea groups is 1. The molecular formula is C14H19N3O4. The van der Waals surface area contributed by atoms with E-state index in [0.29, 0.717) is 31.1 Å². The van der Waals surface area contributed by atoms with E-state index < -0.39 is 0 Å². The standard InChI is InChI=1S/C14H19N3O4/c1-20-13(18)8-12-9-17(6-7-21-12)14(19)16-11-4-2-10(15)3-5-11/h2-5,12H,6-9,15H2,1H3,(H,16,19). The smallest absolute Gasteiger partial charge is 0.322 e. The van der Waals surface area contributed by atoms with Crippen molar-refractivity contribution in [2.45, 2.75) is 12.5 Å². The first-order valence-electron chi connectivity index (χ1n) is 6.68. The van der Waals surface area contributed by atoms with E-state index in [4.69, 9.17) is 10.5 Å². The SMILES string of the molecule is COC(=O)CC1CN(C(=O)Nc2ccc(N)cc2)CCO1. The Morgan fingerprint density at radius 1 is 1.43 bits per heavy atom. The van der Waals surface area contributed by atoms with Crippen LogP contribution < -0.4 is 11.1 Å². The fourth-order valence-corrected chi connectivity index (χ4v) is 2.07. The Kier molecular flexibility index (Phi) is 4.99. The first kappa shape index (κ1) is 15.1. The number of amides is 2. The molecule has 0 bridgehead atoms. The molecule has 0 saturated carbocycles. The van der Waals surface area contributed by atoms with E-state index in [9.17, 15) is 9.59 Å². The third-order valence-corrected chi connectivity index (χ3v) is 3.21. The lowest BCUT2D eigenvalue weighted by Crippen LogP contribution is -2.48. The van der Waals surface area contributed by atoms with Crippen LogP contribution in [-0.4, -0.2) is 49.8 Å². The number of anilines is 2. The van der Waals surface area contributed by atoms with Gasteiger partial charge in [0.1, 0.15) is 0 Å². The van der Waals surface area contributed by atoms with Gasteiger partial charge in [-0.2, -0.15) is 0 Å². The van der Waals surface area contributed by atoms with Gasteiger partial charge in [-0.15, -0.1) is 0 Å². The van der Waals surface area contributed by atoms with Gasteiger partial charge in [-0.05, 0) is 24.3 Å². The number of methoxy groups -OCH3 is 1. The normalized spacial score (nSPS) is 18.1. The molecule has 2 amide bonds. The molecule has 1 saturated heterocycles. The van der Waals surface area contributed by atoms with Crippen LogP contribution in [0, 0.1) is 0 Å². The summed E-state index contributed by atoms with van der Waals surface area (Å²) in [5.41, 5.74) is 6.90. The van der Waals surface area contributed by atoms with Gasteiger partial charge in [0.2, 0.25) is 0 Å².